The van der Waals surface area contributed by atoms with E-state index in [0.29, 0.717) is 6.42 Å². The molecule has 0 radical (unpaired) electrons. The van der Waals surface area contributed by atoms with Gasteiger partial charge in [0, 0.05) is 23.0 Å². The molecule has 0 saturated heterocycles. The quantitative estimate of drug-likeness (QED) is 0.849. The third-order valence-corrected chi connectivity index (χ3v) is 3.33. The van der Waals surface area contributed by atoms with Gasteiger partial charge < -0.3 is 10.7 Å². The van der Waals surface area contributed by atoms with E-state index in [1.807, 2.05) is 32.2 Å². The Labute approximate surface area is 107 Å². The number of hydrogen-bond acceptors (Lipinski definition) is 2. The number of nitrogens with one attached hydrogen (secondary N) is 1. The number of hydrogen-bond donors (Lipinski definition) is 2. The van der Waals surface area contributed by atoms with Gasteiger partial charge in [-0.15, -0.1) is 0 Å². The maximum absolute atomic E-state index is 11.7. The molecule has 2 aromatic rings. The zero-order valence-corrected chi connectivity index (χ0v) is 10.9. The molecular weight excluding hydrogens is 224 g/mol. The van der Waals surface area contributed by atoms with Crippen LogP contribution >= 0.6 is 0 Å². The van der Waals surface area contributed by atoms with Crippen LogP contribution in [0.4, 0.5) is 0 Å². The molecule has 0 fully saturated rings. The Kier molecular flexibility index (Phi) is 3.82. The van der Waals surface area contributed by atoms with Gasteiger partial charge in [-0.1, -0.05) is 32.0 Å². The average Bonchev–Trinajstić information content (AvgIpc) is 2.78. The third kappa shape index (κ3) is 2.62. The summed E-state index contributed by atoms with van der Waals surface area (Å²) in [6.07, 6.45) is 3.56. The Morgan fingerprint density at radius 2 is 2.06 bits per heavy atom. The summed E-state index contributed by atoms with van der Waals surface area (Å²) in [6, 6.07) is 7.84. The number of Topliss-reactive ketones (excluding diaryl/α,β-unsaturated/α-hetero) is 1. The first-order chi connectivity index (χ1) is 8.59. The standard InChI is InChI=1S/C15H20N2O/c1-10(2)15(18)13(16)8-7-11-9-17-14-6-4-3-5-12(11)14/h3-6,9-10,13,17H,7-8,16H2,1-2H3. The molecule has 0 aliphatic heterocycles. The number of benzene rings is 1. The van der Waals surface area contributed by atoms with Gasteiger partial charge in [-0.3, -0.25) is 4.79 Å². The fourth-order valence-electron chi connectivity index (χ4n) is 2.22. The minimum Gasteiger partial charge on any atom is -0.361 e. The summed E-state index contributed by atoms with van der Waals surface area (Å²) < 4.78 is 0. The largest absolute Gasteiger partial charge is 0.361 e. The van der Waals surface area contributed by atoms with Gasteiger partial charge in [0.05, 0.1) is 6.04 Å². The normalized spacial score (nSPS) is 13.1. The number of ketones is 1. The summed E-state index contributed by atoms with van der Waals surface area (Å²) in [5.41, 5.74) is 8.29. The molecule has 1 aromatic heterocycles. The predicted molar refractivity (Wildman–Crippen MR) is 74.4 cm³/mol. The van der Waals surface area contributed by atoms with Crippen LogP contribution in [0, 0.1) is 5.92 Å². The molecule has 96 valence electrons. The van der Waals surface area contributed by atoms with Crippen LogP contribution in [0.15, 0.2) is 30.5 Å². The van der Waals surface area contributed by atoms with Crippen LogP contribution in [0.25, 0.3) is 10.9 Å². The summed E-state index contributed by atoms with van der Waals surface area (Å²) in [5.74, 6) is 0.165. The van der Waals surface area contributed by atoms with Crippen LogP contribution in [-0.4, -0.2) is 16.8 Å². The minimum absolute atomic E-state index is 0.0166. The van der Waals surface area contributed by atoms with Crippen molar-refractivity contribution in [2.24, 2.45) is 11.7 Å². The maximum Gasteiger partial charge on any atom is 0.152 e. The second kappa shape index (κ2) is 5.36. The first-order valence-electron chi connectivity index (χ1n) is 6.44. The zero-order chi connectivity index (χ0) is 13.1. The molecule has 18 heavy (non-hydrogen) atoms. The second-order valence-electron chi connectivity index (χ2n) is 5.06. The molecule has 1 aromatic carbocycles. The van der Waals surface area contributed by atoms with Crippen LogP contribution in [0.1, 0.15) is 25.8 Å². The molecule has 0 aliphatic carbocycles. The van der Waals surface area contributed by atoms with Gasteiger partial charge in [-0.05, 0) is 24.5 Å². The number of para-hydroxylation sites is 1. The minimum atomic E-state index is -0.348. The van der Waals surface area contributed by atoms with E-state index >= 15 is 0 Å². The van der Waals surface area contributed by atoms with Crippen molar-refractivity contribution in [3.63, 3.8) is 0 Å². The van der Waals surface area contributed by atoms with Crippen molar-refractivity contribution >= 4 is 16.7 Å². The van der Waals surface area contributed by atoms with Crippen LogP contribution in [-0.2, 0) is 11.2 Å². The molecule has 1 heterocycles. The topological polar surface area (TPSA) is 58.9 Å². The van der Waals surface area contributed by atoms with E-state index in [2.05, 4.69) is 17.1 Å². The summed E-state index contributed by atoms with van der Waals surface area (Å²) in [4.78, 5) is 15.0. The van der Waals surface area contributed by atoms with E-state index < -0.39 is 0 Å². The summed E-state index contributed by atoms with van der Waals surface area (Å²) in [6.45, 7) is 3.79. The maximum atomic E-state index is 11.7. The van der Waals surface area contributed by atoms with Crippen molar-refractivity contribution in [2.45, 2.75) is 32.7 Å². The Balaban J connectivity index is 2.04. The Hall–Kier alpha value is -1.61. The van der Waals surface area contributed by atoms with Gasteiger partial charge in [0.1, 0.15) is 0 Å². The van der Waals surface area contributed by atoms with E-state index in [4.69, 9.17) is 5.73 Å². The molecule has 1 atom stereocenters. The van der Waals surface area contributed by atoms with Gasteiger partial charge >= 0.3 is 0 Å². The van der Waals surface area contributed by atoms with Crippen molar-refractivity contribution in [3.8, 4) is 0 Å². The number of rotatable bonds is 5. The molecule has 0 aliphatic rings. The number of H-pyrrole nitrogens is 1. The summed E-state index contributed by atoms with van der Waals surface area (Å²) in [5, 5.41) is 1.22. The predicted octanol–water partition coefficient (Wildman–Crippen LogP) is 2.65. The Morgan fingerprint density at radius 3 is 2.78 bits per heavy atom. The number of carbonyl (C=O) groups is 1. The highest BCUT2D eigenvalue weighted by atomic mass is 16.1. The Bertz CT molecular complexity index is 542. The van der Waals surface area contributed by atoms with E-state index in [9.17, 15) is 4.79 Å². The van der Waals surface area contributed by atoms with Crippen molar-refractivity contribution in [2.75, 3.05) is 0 Å². The fraction of sp³-hybridized carbons (Fsp3) is 0.400. The van der Waals surface area contributed by atoms with Crippen molar-refractivity contribution in [1.29, 1.82) is 0 Å². The van der Waals surface area contributed by atoms with Crippen LogP contribution in [0.2, 0.25) is 0 Å². The lowest BCUT2D eigenvalue weighted by Gasteiger charge is -2.12. The SMILES string of the molecule is CC(C)C(=O)C(N)CCc1c[nH]c2ccccc12. The van der Waals surface area contributed by atoms with Crippen molar-refractivity contribution < 1.29 is 4.79 Å². The molecular formula is C15H20N2O. The summed E-state index contributed by atoms with van der Waals surface area (Å²) >= 11 is 0. The third-order valence-electron chi connectivity index (χ3n) is 3.33. The van der Waals surface area contributed by atoms with Gasteiger partial charge in [-0.2, -0.15) is 0 Å². The van der Waals surface area contributed by atoms with E-state index in [0.717, 1.165) is 11.9 Å². The first kappa shape index (κ1) is 12.8. The Morgan fingerprint density at radius 1 is 1.33 bits per heavy atom. The van der Waals surface area contributed by atoms with E-state index in [1.165, 1.54) is 10.9 Å². The number of fused-ring (bicyclic) bond motifs is 1. The van der Waals surface area contributed by atoms with Gasteiger partial charge in [0.2, 0.25) is 0 Å². The average molecular weight is 244 g/mol. The van der Waals surface area contributed by atoms with Crippen LogP contribution in [0.3, 0.4) is 0 Å². The lowest BCUT2D eigenvalue weighted by atomic mass is 9.96. The highest BCUT2D eigenvalue weighted by molar-refractivity contribution is 5.86. The molecule has 3 nitrogen and oxygen atoms in total. The van der Waals surface area contributed by atoms with Crippen LogP contribution in [0.5, 0.6) is 0 Å². The van der Waals surface area contributed by atoms with Crippen molar-refractivity contribution in [1.82, 2.24) is 4.98 Å². The summed E-state index contributed by atoms with van der Waals surface area (Å²) in [7, 11) is 0. The van der Waals surface area contributed by atoms with Crippen LogP contribution < -0.4 is 5.73 Å². The highest BCUT2D eigenvalue weighted by Gasteiger charge is 2.17. The molecule has 2 rings (SSSR count). The van der Waals surface area contributed by atoms with E-state index in [1.54, 1.807) is 0 Å². The highest BCUT2D eigenvalue weighted by Crippen LogP contribution is 2.19. The fourth-order valence-corrected chi connectivity index (χ4v) is 2.22. The molecule has 0 bridgehead atoms. The smallest absolute Gasteiger partial charge is 0.152 e. The van der Waals surface area contributed by atoms with Gasteiger partial charge in [0.25, 0.3) is 0 Å². The second-order valence-corrected chi connectivity index (χ2v) is 5.06. The first-order valence-corrected chi connectivity index (χ1v) is 6.44. The lowest BCUT2D eigenvalue weighted by molar-refractivity contribution is -0.123. The molecule has 1 unspecified atom stereocenters. The van der Waals surface area contributed by atoms with Crippen molar-refractivity contribution in [3.05, 3.63) is 36.0 Å². The monoisotopic (exact) mass is 244 g/mol. The molecule has 0 spiro atoms. The van der Waals surface area contributed by atoms with Gasteiger partial charge in [0.15, 0.2) is 5.78 Å². The number of aromatic nitrogens is 1. The number of nitrogens with two attached hydrogens (primary N) is 1. The zero-order valence-electron chi connectivity index (χ0n) is 10.9. The van der Waals surface area contributed by atoms with Gasteiger partial charge in [-0.25, -0.2) is 0 Å². The number of aromatic amines is 1. The molecule has 3 heteroatoms. The number of aryl methyl sites for hydroxylation is 1. The molecule has 0 saturated carbocycles. The number of carbonyl (C=O) groups excluding carboxylic acids is 1. The van der Waals surface area contributed by atoms with E-state index in [-0.39, 0.29) is 17.7 Å². The molecule has 3 N–H and O–H groups in total. The lowest BCUT2D eigenvalue weighted by Crippen LogP contribution is -2.34. The molecule has 0 amide bonds.